The zero-order valence-corrected chi connectivity index (χ0v) is 8.11. The fraction of sp³-hybridized carbons (Fsp3) is 1.00. The summed E-state index contributed by atoms with van der Waals surface area (Å²) in [6.45, 7) is -0.815. The van der Waals surface area contributed by atoms with Crippen LogP contribution in [-0.4, -0.2) is 17.3 Å². The van der Waals surface area contributed by atoms with Gasteiger partial charge in [0.2, 0.25) is 0 Å². The molecule has 0 rings (SSSR count). The van der Waals surface area contributed by atoms with Gasteiger partial charge in [0, 0.05) is 0 Å². The lowest BCUT2D eigenvalue weighted by Crippen LogP contribution is -2.01. The SMILES string of the molecule is FCC(F)CCCCCI. The molecule has 0 amide bonds. The van der Waals surface area contributed by atoms with Crippen molar-refractivity contribution in [1.82, 2.24) is 0 Å². The van der Waals surface area contributed by atoms with Gasteiger partial charge in [0.25, 0.3) is 0 Å². The van der Waals surface area contributed by atoms with Crippen LogP contribution < -0.4 is 0 Å². The molecule has 0 spiro atoms. The van der Waals surface area contributed by atoms with Gasteiger partial charge in [-0.3, -0.25) is 0 Å². The number of hydrogen-bond acceptors (Lipinski definition) is 0. The molecule has 0 fully saturated rings. The van der Waals surface area contributed by atoms with E-state index < -0.39 is 12.8 Å². The summed E-state index contributed by atoms with van der Waals surface area (Å²) in [6.07, 6.45) is 2.17. The first-order valence-electron chi connectivity index (χ1n) is 3.57. The van der Waals surface area contributed by atoms with E-state index in [9.17, 15) is 8.78 Å². The van der Waals surface area contributed by atoms with Crippen LogP contribution in [0.15, 0.2) is 0 Å². The maximum absolute atomic E-state index is 12.2. The van der Waals surface area contributed by atoms with Gasteiger partial charge in [0.1, 0.15) is 12.8 Å². The molecule has 0 aromatic heterocycles. The second-order valence-electron chi connectivity index (χ2n) is 2.29. The van der Waals surface area contributed by atoms with Crippen LogP contribution in [-0.2, 0) is 0 Å². The summed E-state index contributed by atoms with van der Waals surface area (Å²) >= 11 is 2.29. The molecule has 62 valence electrons. The fourth-order valence-electron chi connectivity index (χ4n) is 0.714. The third-order valence-electron chi connectivity index (χ3n) is 1.32. The standard InChI is InChI=1S/C7H13F2I/c8-6-7(9)4-2-1-3-5-10/h7H,1-6H2. The molecule has 10 heavy (non-hydrogen) atoms. The van der Waals surface area contributed by atoms with E-state index in [0.29, 0.717) is 6.42 Å². The van der Waals surface area contributed by atoms with E-state index in [4.69, 9.17) is 0 Å². The molecule has 1 atom stereocenters. The highest BCUT2D eigenvalue weighted by molar-refractivity contribution is 14.1. The monoisotopic (exact) mass is 262 g/mol. The molecule has 0 nitrogen and oxygen atoms in total. The molecule has 0 aliphatic rings. The van der Waals surface area contributed by atoms with Crippen LogP contribution in [0.25, 0.3) is 0 Å². The first-order valence-corrected chi connectivity index (χ1v) is 5.09. The van der Waals surface area contributed by atoms with Crippen molar-refractivity contribution in [3.05, 3.63) is 0 Å². The maximum atomic E-state index is 12.2. The highest BCUT2D eigenvalue weighted by Crippen LogP contribution is 2.07. The third kappa shape index (κ3) is 6.71. The van der Waals surface area contributed by atoms with Crippen LogP contribution in [0.3, 0.4) is 0 Å². The fourth-order valence-corrected chi connectivity index (χ4v) is 1.25. The second-order valence-corrected chi connectivity index (χ2v) is 3.37. The lowest BCUT2D eigenvalue weighted by molar-refractivity contribution is 0.242. The maximum Gasteiger partial charge on any atom is 0.128 e. The Hall–Kier alpha value is 0.590. The first kappa shape index (κ1) is 10.6. The summed E-state index contributed by atoms with van der Waals surface area (Å²) in [7, 11) is 0. The number of unbranched alkanes of at least 4 members (excludes halogenated alkanes) is 2. The van der Waals surface area contributed by atoms with E-state index in [2.05, 4.69) is 22.6 Å². The van der Waals surface area contributed by atoms with E-state index in [0.717, 1.165) is 23.7 Å². The minimum Gasteiger partial charge on any atom is -0.248 e. The van der Waals surface area contributed by atoms with Crippen molar-refractivity contribution < 1.29 is 8.78 Å². The van der Waals surface area contributed by atoms with Crippen molar-refractivity contribution in [2.45, 2.75) is 31.9 Å². The Morgan fingerprint density at radius 2 is 1.90 bits per heavy atom. The molecule has 0 bridgehead atoms. The number of alkyl halides is 3. The number of halogens is 3. The molecular weight excluding hydrogens is 249 g/mol. The molecule has 3 heteroatoms. The number of rotatable bonds is 6. The molecular formula is C7H13F2I. The van der Waals surface area contributed by atoms with Gasteiger partial charge in [-0.2, -0.15) is 0 Å². The predicted octanol–water partition coefficient (Wildman–Crippen LogP) is 3.29. The van der Waals surface area contributed by atoms with Gasteiger partial charge in [-0.25, -0.2) is 8.78 Å². The van der Waals surface area contributed by atoms with Crippen LogP contribution in [0, 0.1) is 0 Å². The van der Waals surface area contributed by atoms with Gasteiger partial charge in [-0.15, -0.1) is 0 Å². The molecule has 0 aliphatic heterocycles. The van der Waals surface area contributed by atoms with Gasteiger partial charge < -0.3 is 0 Å². The third-order valence-corrected chi connectivity index (χ3v) is 2.08. The lowest BCUT2D eigenvalue weighted by atomic mass is 10.1. The Balaban J connectivity index is 2.89. The minimum atomic E-state index is -1.21. The normalized spacial score (nSPS) is 13.5. The molecule has 0 saturated carbocycles. The van der Waals surface area contributed by atoms with Crippen LogP contribution >= 0.6 is 22.6 Å². The number of hydrogen-bond donors (Lipinski definition) is 0. The van der Waals surface area contributed by atoms with E-state index in [1.165, 1.54) is 0 Å². The summed E-state index contributed by atoms with van der Waals surface area (Å²) in [6, 6.07) is 0. The summed E-state index contributed by atoms with van der Waals surface area (Å²) in [5.41, 5.74) is 0. The van der Waals surface area contributed by atoms with E-state index >= 15 is 0 Å². The zero-order valence-electron chi connectivity index (χ0n) is 5.95. The average Bonchev–Trinajstić information content (AvgIpc) is 1.98. The Morgan fingerprint density at radius 1 is 1.20 bits per heavy atom. The Kier molecular flexibility index (Phi) is 8.15. The van der Waals surface area contributed by atoms with Crippen molar-refractivity contribution in [3.63, 3.8) is 0 Å². The van der Waals surface area contributed by atoms with Crippen LogP contribution in [0.5, 0.6) is 0 Å². The molecule has 0 N–H and O–H groups in total. The summed E-state index contributed by atoms with van der Waals surface area (Å²) < 4.78 is 24.8. The van der Waals surface area contributed by atoms with Crippen molar-refractivity contribution in [2.75, 3.05) is 11.1 Å². The summed E-state index contributed by atoms with van der Waals surface area (Å²) in [4.78, 5) is 0. The molecule has 0 aromatic carbocycles. The van der Waals surface area contributed by atoms with Gasteiger partial charge in [-0.1, -0.05) is 35.4 Å². The molecule has 0 aromatic rings. The minimum absolute atomic E-state index is 0.396. The van der Waals surface area contributed by atoms with E-state index in [1.54, 1.807) is 0 Å². The van der Waals surface area contributed by atoms with Gasteiger partial charge in [-0.05, 0) is 17.3 Å². The molecule has 1 unspecified atom stereocenters. The van der Waals surface area contributed by atoms with Gasteiger partial charge in [0.05, 0.1) is 0 Å². The van der Waals surface area contributed by atoms with Crippen LogP contribution in [0.4, 0.5) is 8.78 Å². The summed E-state index contributed by atoms with van der Waals surface area (Å²) in [5, 5.41) is 0. The Bertz CT molecular complexity index is 68.6. The van der Waals surface area contributed by atoms with Crippen molar-refractivity contribution in [3.8, 4) is 0 Å². The average molecular weight is 262 g/mol. The smallest absolute Gasteiger partial charge is 0.128 e. The highest BCUT2D eigenvalue weighted by Gasteiger charge is 2.03. The molecule has 0 saturated heterocycles. The molecule has 0 aliphatic carbocycles. The Morgan fingerprint density at radius 3 is 2.40 bits per heavy atom. The quantitative estimate of drug-likeness (QED) is 0.391. The highest BCUT2D eigenvalue weighted by atomic mass is 127. The van der Waals surface area contributed by atoms with Gasteiger partial charge in [0.15, 0.2) is 0 Å². The summed E-state index contributed by atoms with van der Waals surface area (Å²) in [5.74, 6) is 0. The first-order chi connectivity index (χ1) is 4.81. The van der Waals surface area contributed by atoms with E-state index in [-0.39, 0.29) is 0 Å². The van der Waals surface area contributed by atoms with E-state index in [1.807, 2.05) is 0 Å². The van der Waals surface area contributed by atoms with Crippen molar-refractivity contribution in [2.24, 2.45) is 0 Å². The topological polar surface area (TPSA) is 0 Å². The molecule has 0 heterocycles. The second kappa shape index (κ2) is 7.69. The van der Waals surface area contributed by atoms with Crippen LogP contribution in [0.1, 0.15) is 25.7 Å². The van der Waals surface area contributed by atoms with Crippen LogP contribution in [0.2, 0.25) is 0 Å². The lowest BCUT2D eigenvalue weighted by Gasteiger charge is -2.00. The molecule has 0 radical (unpaired) electrons. The van der Waals surface area contributed by atoms with Crippen molar-refractivity contribution >= 4 is 22.6 Å². The predicted molar refractivity (Wildman–Crippen MR) is 48.2 cm³/mol. The van der Waals surface area contributed by atoms with Crippen molar-refractivity contribution in [1.29, 1.82) is 0 Å². The Labute approximate surface area is 74.5 Å². The van der Waals surface area contributed by atoms with Gasteiger partial charge >= 0.3 is 0 Å². The largest absolute Gasteiger partial charge is 0.248 e. The zero-order chi connectivity index (χ0) is 7.82.